The van der Waals surface area contributed by atoms with Crippen LogP contribution in [0.1, 0.15) is 54.8 Å². The summed E-state index contributed by atoms with van der Waals surface area (Å²) < 4.78 is 11.1. The number of ether oxygens (including phenoxy) is 2. The van der Waals surface area contributed by atoms with E-state index in [1.165, 1.54) is 5.56 Å². The molecule has 4 rings (SSSR count). The van der Waals surface area contributed by atoms with Crippen LogP contribution in [-0.4, -0.2) is 55.6 Å². The van der Waals surface area contributed by atoms with Crippen LogP contribution in [0.25, 0.3) is 0 Å². The third kappa shape index (κ3) is 4.43. The molecule has 6 heteroatoms. The molecule has 6 nitrogen and oxygen atoms in total. The maximum atomic E-state index is 13.5. The molecule has 2 aromatic carbocycles. The molecule has 0 saturated heterocycles. The maximum absolute atomic E-state index is 13.5. The third-order valence-corrected chi connectivity index (χ3v) is 7.33. The molecular formula is C27H33N3O3. The van der Waals surface area contributed by atoms with Crippen molar-refractivity contribution in [3.8, 4) is 17.6 Å². The highest BCUT2D eigenvalue weighted by Crippen LogP contribution is 2.41. The first-order chi connectivity index (χ1) is 16.0. The first-order valence-electron chi connectivity index (χ1n) is 11.7. The van der Waals surface area contributed by atoms with E-state index in [0.29, 0.717) is 5.75 Å². The molecule has 1 amide bonds. The van der Waals surface area contributed by atoms with Gasteiger partial charge in [-0.1, -0.05) is 49.6 Å². The zero-order chi connectivity index (χ0) is 23.4. The molecule has 0 N–H and O–H groups in total. The van der Waals surface area contributed by atoms with Gasteiger partial charge in [-0.05, 0) is 48.1 Å². The fourth-order valence-corrected chi connectivity index (χ4v) is 5.37. The van der Waals surface area contributed by atoms with Crippen LogP contribution < -0.4 is 9.47 Å². The predicted molar refractivity (Wildman–Crippen MR) is 127 cm³/mol. The highest BCUT2D eigenvalue weighted by Gasteiger charge is 2.40. The number of amides is 1. The van der Waals surface area contributed by atoms with Crippen molar-refractivity contribution in [2.75, 3.05) is 34.4 Å². The summed E-state index contributed by atoms with van der Waals surface area (Å²) in [5, 5.41) is 9.95. The molecule has 1 fully saturated rings. The minimum absolute atomic E-state index is 0.00306. The van der Waals surface area contributed by atoms with E-state index in [9.17, 15) is 10.1 Å². The van der Waals surface area contributed by atoms with E-state index in [1.807, 2.05) is 24.3 Å². The number of methoxy groups -OCH3 is 2. The van der Waals surface area contributed by atoms with Crippen LogP contribution >= 0.6 is 0 Å². The summed E-state index contributed by atoms with van der Waals surface area (Å²) in [5.41, 5.74) is 2.79. The Bertz CT molecular complexity index is 1020. The summed E-state index contributed by atoms with van der Waals surface area (Å²) in [7, 11) is 5.10. The standard InChI is InChI=1S/C27H33N3O3/c1-29(27(19-28)13-8-5-9-14-27)25(31)18-30-15-12-21-16-23(32-2)24(33-3)17-22(21)26(30)20-10-6-4-7-11-20/h4,6-7,10-11,16-17,26H,5,8-9,12-15,18H2,1-3H3/t26-/m1/s1. The Morgan fingerprint density at radius 2 is 1.79 bits per heavy atom. The first-order valence-corrected chi connectivity index (χ1v) is 11.7. The molecule has 1 atom stereocenters. The van der Waals surface area contributed by atoms with Gasteiger partial charge in [0.25, 0.3) is 0 Å². The van der Waals surface area contributed by atoms with E-state index in [4.69, 9.17) is 9.47 Å². The van der Waals surface area contributed by atoms with E-state index in [-0.39, 0.29) is 18.5 Å². The second kappa shape index (κ2) is 9.84. The Hall–Kier alpha value is -3.04. The summed E-state index contributed by atoms with van der Waals surface area (Å²) in [5.74, 6) is 1.41. The molecule has 0 radical (unpaired) electrons. The van der Waals surface area contributed by atoms with E-state index >= 15 is 0 Å². The molecule has 0 spiro atoms. The lowest BCUT2D eigenvalue weighted by molar-refractivity contribution is -0.136. The molecule has 174 valence electrons. The molecule has 2 aliphatic rings. The van der Waals surface area contributed by atoms with Crippen LogP contribution in [0, 0.1) is 11.3 Å². The highest BCUT2D eigenvalue weighted by molar-refractivity contribution is 5.79. The van der Waals surface area contributed by atoms with Crippen LogP contribution in [0.2, 0.25) is 0 Å². The zero-order valence-electron chi connectivity index (χ0n) is 19.8. The summed E-state index contributed by atoms with van der Waals surface area (Å²) >= 11 is 0. The molecule has 1 saturated carbocycles. The molecule has 33 heavy (non-hydrogen) atoms. The number of rotatable bonds is 6. The SMILES string of the molecule is COc1cc2c(cc1OC)[C@@H](c1ccccc1)N(CC(=O)N(C)C1(C#N)CCCCC1)CC2. The van der Waals surface area contributed by atoms with E-state index in [0.717, 1.165) is 61.9 Å². The Labute approximate surface area is 196 Å². The molecule has 2 aromatic rings. The number of fused-ring (bicyclic) bond motifs is 1. The number of hydrogen-bond donors (Lipinski definition) is 0. The number of likely N-dealkylation sites (N-methyl/N-ethyl adjacent to an activating group) is 1. The van der Waals surface area contributed by atoms with E-state index in [2.05, 4.69) is 29.2 Å². The largest absolute Gasteiger partial charge is 0.493 e. The lowest BCUT2D eigenvalue weighted by atomic mass is 9.81. The number of hydrogen-bond acceptors (Lipinski definition) is 5. The molecule has 0 bridgehead atoms. The Morgan fingerprint density at radius 1 is 1.12 bits per heavy atom. The maximum Gasteiger partial charge on any atom is 0.237 e. The van der Waals surface area contributed by atoms with Crippen LogP contribution in [0.4, 0.5) is 0 Å². The average Bonchev–Trinajstić information content (AvgIpc) is 2.88. The van der Waals surface area contributed by atoms with Crippen molar-refractivity contribution in [3.63, 3.8) is 0 Å². The topological polar surface area (TPSA) is 65.8 Å². The highest BCUT2D eigenvalue weighted by atomic mass is 16.5. The number of benzene rings is 2. The minimum atomic E-state index is -0.679. The summed E-state index contributed by atoms with van der Waals surface area (Å²) in [6.45, 7) is 1.02. The van der Waals surface area contributed by atoms with Gasteiger partial charge in [-0.15, -0.1) is 0 Å². The smallest absolute Gasteiger partial charge is 0.237 e. The van der Waals surface area contributed by atoms with Gasteiger partial charge in [0.05, 0.1) is 32.9 Å². The predicted octanol–water partition coefficient (Wildman–Crippen LogP) is 4.34. The van der Waals surface area contributed by atoms with E-state index < -0.39 is 5.54 Å². The summed E-state index contributed by atoms with van der Waals surface area (Å²) in [6, 6.07) is 16.8. The van der Waals surface area contributed by atoms with Crippen LogP contribution in [0.15, 0.2) is 42.5 Å². The van der Waals surface area contributed by atoms with Crippen LogP contribution in [0.3, 0.4) is 0 Å². The number of nitrogens with zero attached hydrogens (tertiary/aromatic N) is 3. The van der Waals surface area contributed by atoms with Gasteiger partial charge in [0.15, 0.2) is 11.5 Å². The molecule has 1 aliphatic heterocycles. The third-order valence-electron chi connectivity index (χ3n) is 7.33. The quantitative estimate of drug-likeness (QED) is 0.659. The number of carbonyl (C=O) groups excluding carboxylic acids is 1. The van der Waals surface area contributed by atoms with Gasteiger partial charge in [0, 0.05) is 13.6 Å². The minimum Gasteiger partial charge on any atom is -0.493 e. The Balaban J connectivity index is 1.67. The van der Waals surface area contributed by atoms with Gasteiger partial charge >= 0.3 is 0 Å². The van der Waals surface area contributed by atoms with Crippen LogP contribution in [-0.2, 0) is 11.2 Å². The van der Waals surface area contributed by atoms with Crippen LogP contribution in [0.5, 0.6) is 11.5 Å². The Morgan fingerprint density at radius 3 is 2.42 bits per heavy atom. The summed E-state index contributed by atoms with van der Waals surface area (Å²) in [4.78, 5) is 17.4. The van der Waals surface area contributed by atoms with Crippen molar-refractivity contribution in [1.29, 1.82) is 5.26 Å². The molecule has 0 unspecified atom stereocenters. The number of nitriles is 1. The van der Waals surface area contributed by atoms with Crippen molar-refractivity contribution >= 4 is 5.91 Å². The van der Waals surface area contributed by atoms with Gasteiger partial charge in [-0.2, -0.15) is 5.26 Å². The van der Waals surface area contributed by atoms with Crippen molar-refractivity contribution < 1.29 is 14.3 Å². The van der Waals surface area contributed by atoms with Crippen molar-refractivity contribution in [1.82, 2.24) is 9.80 Å². The van der Waals surface area contributed by atoms with Crippen molar-refractivity contribution in [2.24, 2.45) is 0 Å². The second-order valence-electron chi connectivity index (χ2n) is 9.10. The normalized spacial score (nSPS) is 19.8. The molecular weight excluding hydrogens is 414 g/mol. The van der Waals surface area contributed by atoms with Crippen molar-refractivity contribution in [2.45, 2.75) is 50.1 Å². The fourth-order valence-electron chi connectivity index (χ4n) is 5.37. The lowest BCUT2D eigenvalue weighted by Gasteiger charge is -2.42. The monoisotopic (exact) mass is 447 g/mol. The van der Waals surface area contributed by atoms with Gasteiger partial charge in [0.2, 0.25) is 5.91 Å². The van der Waals surface area contributed by atoms with Gasteiger partial charge in [0.1, 0.15) is 5.54 Å². The van der Waals surface area contributed by atoms with Gasteiger partial charge in [-0.3, -0.25) is 9.69 Å². The molecule has 1 heterocycles. The first kappa shape index (κ1) is 23.1. The average molecular weight is 448 g/mol. The summed E-state index contributed by atoms with van der Waals surface area (Å²) in [6.07, 6.45) is 5.46. The number of carbonyl (C=O) groups is 1. The zero-order valence-corrected chi connectivity index (χ0v) is 19.8. The molecule has 0 aromatic heterocycles. The van der Waals surface area contributed by atoms with Gasteiger partial charge < -0.3 is 14.4 Å². The fraction of sp³-hybridized carbons (Fsp3) is 0.481. The second-order valence-corrected chi connectivity index (χ2v) is 9.10. The Kier molecular flexibility index (Phi) is 6.90. The molecule has 1 aliphatic carbocycles. The lowest BCUT2D eigenvalue weighted by Crippen LogP contribution is -2.53. The van der Waals surface area contributed by atoms with Crippen molar-refractivity contribution in [3.05, 3.63) is 59.2 Å². The van der Waals surface area contributed by atoms with E-state index in [1.54, 1.807) is 26.2 Å². The van der Waals surface area contributed by atoms with Gasteiger partial charge in [-0.25, -0.2) is 0 Å².